The van der Waals surface area contributed by atoms with Gasteiger partial charge >= 0.3 is 0 Å². The zero-order valence-electron chi connectivity index (χ0n) is 14.7. The number of amides is 1. The Morgan fingerprint density at radius 1 is 1.21 bits per heavy atom. The third-order valence-corrected chi connectivity index (χ3v) is 3.87. The Kier molecular flexibility index (Phi) is 6.26. The Bertz CT molecular complexity index is 650. The first-order valence-electron chi connectivity index (χ1n) is 7.82. The molecule has 1 atom stereocenters. The number of nitrogens with zero attached hydrogens (tertiary/aromatic N) is 2. The summed E-state index contributed by atoms with van der Waals surface area (Å²) >= 11 is 0. The second kappa shape index (κ2) is 8.40. The van der Waals surface area contributed by atoms with Crippen LogP contribution in [0.3, 0.4) is 0 Å². The average Bonchev–Trinajstić information content (AvgIpc) is 2.99. The number of aryl methyl sites for hydroxylation is 1. The smallest absolute Gasteiger partial charge is 0.258 e. The van der Waals surface area contributed by atoms with E-state index in [1.54, 1.807) is 31.4 Å². The van der Waals surface area contributed by atoms with Crippen molar-refractivity contribution in [1.82, 2.24) is 14.8 Å². The van der Waals surface area contributed by atoms with Crippen LogP contribution >= 0.6 is 0 Å². The highest BCUT2D eigenvalue weighted by Gasteiger charge is 2.17. The number of aromatic nitrogens is 1. The van der Waals surface area contributed by atoms with Crippen LogP contribution in [-0.2, 0) is 11.8 Å². The van der Waals surface area contributed by atoms with E-state index in [0.29, 0.717) is 12.3 Å². The molecule has 6 nitrogen and oxygen atoms in total. The maximum absolute atomic E-state index is 12.0. The Labute approximate surface area is 143 Å². The molecule has 1 heterocycles. The van der Waals surface area contributed by atoms with Crippen molar-refractivity contribution < 1.29 is 14.3 Å². The highest BCUT2D eigenvalue weighted by atomic mass is 16.5. The number of nitrogens with one attached hydrogen (secondary N) is 1. The van der Waals surface area contributed by atoms with Crippen LogP contribution in [0.5, 0.6) is 11.5 Å². The summed E-state index contributed by atoms with van der Waals surface area (Å²) in [5, 5.41) is 2.93. The first kappa shape index (κ1) is 17.9. The zero-order chi connectivity index (χ0) is 17.5. The normalized spacial score (nSPS) is 12.0. The summed E-state index contributed by atoms with van der Waals surface area (Å²) in [6.07, 6.45) is 2.00. The molecular weight excluding hydrogens is 306 g/mol. The fraction of sp³-hybridized carbons (Fsp3) is 0.389. The highest BCUT2D eigenvalue weighted by molar-refractivity contribution is 5.77. The van der Waals surface area contributed by atoms with Crippen molar-refractivity contribution in [1.29, 1.82) is 0 Å². The van der Waals surface area contributed by atoms with Gasteiger partial charge in [-0.25, -0.2) is 0 Å². The number of carbonyl (C=O) groups excluding carboxylic acids is 1. The molecule has 24 heavy (non-hydrogen) atoms. The lowest BCUT2D eigenvalue weighted by Crippen LogP contribution is -2.37. The molecule has 0 fully saturated rings. The molecule has 1 unspecified atom stereocenters. The molecule has 0 spiro atoms. The molecule has 0 aliphatic rings. The minimum atomic E-state index is -0.146. The molecule has 0 bridgehead atoms. The van der Waals surface area contributed by atoms with Gasteiger partial charge in [-0.15, -0.1) is 0 Å². The standard InChI is InChI=1S/C18H25N3O3/c1-20(2)17(16-6-5-11-21(16)3)12-19-18(22)13-24-15-9-7-14(23-4)8-10-15/h5-11,17H,12-13H2,1-4H3,(H,19,22). The molecule has 1 N–H and O–H groups in total. The zero-order valence-corrected chi connectivity index (χ0v) is 14.7. The van der Waals surface area contributed by atoms with Crippen LogP contribution in [0.15, 0.2) is 42.6 Å². The van der Waals surface area contributed by atoms with Gasteiger partial charge in [0.25, 0.3) is 5.91 Å². The Balaban J connectivity index is 1.83. The van der Waals surface area contributed by atoms with E-state index in [1.165, 1.54) is 0 Å². The van der Waals surface area contributed by atoms with Gasteiger partial charge < -0.3 is 19.4 Å². The fourth-order valence-electron chi connectivity index (χ4n) is 2.45. The van der Waals surface area contributed by atoms with Crippen LogP contribution in [0.1, 0.15) is 11.7 Å². The minimum Gasteiger partial charge on any atom is -0.497 e. The van der Waals surface area contributed by atoms with E-state index < -0.39 is 0 Å². The van der Waals surface area contributed by atoms with Gasteiger partial charge in [-0.3, -0.25) is 9.69 Å². The van der Waals surface area contributed by atoms with Gasteiger partial charge in [0.2, 0.25) is 0 Å². The maximum Gasteiger partial charge on any atom is 0.258 e. The molecule has 0 saturated heterocycles. The number of hydrogen-bond acceptors (Lipinski definition) is 4. The number of methoxy groups -OCH3 is 1. The average molecular weight is 331 g/mol. The van der Waals surface area contributed by atoms with E-state index in [-0.39, 0.29) is 18.6 Å². The number of likely N-dealkylation sites (N-methyl/N-ethyl adjacent to an activating group) is 1. The van der Waals surface area contributed by atoms with Gasteiger partial charge in [0.05, 0.1) is 13.2 Å². The van der Waals surface area contributed by atoms with E-state index in [9.17, 15) is 4.79 Å². The first-order valence-corrected chi connectivity index (χ1v) is 7.82. The van der Waals surface area contributed by atoms with E-state index in [4.69, 9.17) is 9.47 Å². The fourth-order valence-corrected chi connectivity index (χ4v) is 2.45. The van der Waals surface area contributed by atoms with Crippen molar-refractivity contribution >= 4 is 5.91 Å². The second-order valence-corrected chi connectivity index (χ2v) is 5.79. The largest absolute Gasteiger partial charge is 0.497 e. The van der Waals surface area contributed by atoms with Crippen LogP contribution in [-0.4, -0.2) is 49.7 Å². The number of hydrogen-bond donors (Lipinski definition) is 1. The number of rotatable bonds is 8. The van der Waals surface area contributed by atoms with Crippen LogP contribution in [0.2, 0.25) is 0 Å². The van der Waals surface area contributed by atoms with Crippen LogP contribution in [0.4, 0.5) is 0 Å². The number of ether oxygens (including phenoxy) is 2. The van der Waals surface area contributed by atoms with Crippen molar-refractivity contribution in [2.24, 2.45) is 7.05 Å². The summed E-state index contributed by atoms with van der Waals surface area (Å²) in [7, 11) is 7.60. The number of carbonyl (C=O) groups is 1. The lowest BCUT2D eigenvalue weighted by Gasteiger charge is -2.25. The van der Waals surface area contributed by atoms with Crippen LogP contribution < -0.4 is 14.8 Å². The van der Waals surface area contributed by atoms with Gasteiger partial charge in [-0.05, 0) is 50.5 Å². The van der Waals surface area contributed by atoms with Crippen LogP contribution in [0, 0.1) is 0 Å². The molecule has 6 heteroatoms. The van der Waals surface area contributed by atoms with E-state index in [1.807, 2.05) is 33.4 Å². The molecule has 130 valence electrons. The van der Waals surface area contributed by atoms with Gasteiger partial charge in [-0.1, -0.05) is 0 Å². The third-order valence-electron chi connectivity index (χ3n) is 3.87. The van der Waals surface area contributed by atoms with Gasteiger partial charge in [-0.2, -0.15) is 0 Å². The molecule has 2 rings (SSSR count). The predicted octanol–water partition coefficient (Wildman–Crippen LogP) is 1.83. The Morgan fingerprint density at radius 3 is 2.42 bits per heavy atom. The summed E-state index contributed by atoms with van der Waals surface area (Å²) < 4.78 is 12.6. The van der Waals surface area contributed by atoms with Crippen LogP contribution in [0.25, 0.3) is 0 Å². The molecule has 0 aliphatic carbocycles. The Hall–Kier alpha value is -2.47. The first-order chi connectivity index (χ1) is 11.5. The van der Waals surface area contributed by atoms with E-state index in [0.717, 1.165) is 11.4 Å². The molecule has 0 saturated carbocycles. The number of benzene rings is 1. The SMILES string of the molecule is COc1ccc(OCC(=O)NCC(c2cccn2C)N(C)C)cc1. The molecule has 2 aromatic rings. The van der Waals surface area contributed by atoms with Crippen molar-refractivity contribution in [3.8, 4) is 11.5 Å². The monoisotopic (exact) mass is 331 g/mol. The minimum absolute atomic E-state index is 0.0143. The molecule has 0 aliphatic heterocycles. The quantitative estimate of drug-likeness (QED) is 0.802. The second-order valence-electron chi connectivity index (χ2n) is 5.79. The summed E-state index contributed by atoms with van der Waals surface area (Å²) in [6.45, 7) is 0.509. The molecule has 1 amide bonds. The lowest BCUT2D eigenvalue weighted by molar-refractivity contribution is -0.123. The third kappa shape index (κ3) is 4.76. The summed E-state index contributed by atoms with van der Waals surface area (Å²) in [5.41, 5.74) is 1.15. The lowest BCUT2D eigenvalue weighted by atomic mass is 10.2. The molecule has 0 radical (unpaired) electrons. The van der Waals surface area contributed by atoms with Gasteiger partial charge in [0, 0.05) is 25.5 Å². The summed E-state index contributed by atoms with van der Waals surface area (Å²) in [4.78, 5) is 14.1. The molecular formula is C18H25N3O3. The summed E-state index contributed by atoms with van der Waals surface area (Å²) in [5.74, 6) is 1.24. The van der Waals surface area contributed by atoms with Crippen molar-refractivity contribution in [3.63, 3.8) is 0 Å². The summed E-state index contributed by atoms with van der Waals surface area (Å²) in [6, 6.07) is 11.3. The predicted molar refractivity (Wildman–Crippen MR) is 93.3 cm³/mol. The Morgan fingerprint density at radius 2 is 1.88 bits per heavy atom. The highest BCUT2D eigenvalue weighted by Crippen LogP contribution is 2.18. The van der Waals surface area contributed by atoms with Crippen molar-refractivity contribution in [2.45, 2.75) is 6.04 Å². The van der Waals surface area contributed by atoms with Gasteiger partial charge in [0.15, 0.2) is 6.61 Å². The van der Waals surface area contributed by atoms with Crippen molar-refractivity contribution in [3.05, 3.63) is 48.3 Å². The van der Waals surface area contributed by atoms with Crippen molar-refractivity contribution in [2.75, 3.05) is 34.4 Å². The molecule has 1 aromatic carbocycles. The van der Waals surface area contributed by atoms with E-state index >= 15 is 0 Å². The molecule has 1 aromatic heterocycles. The van der Waals surface area contributed by atoms with Gasteiger partial charge in [0.1, 0.15) is 11.5 Å². The topological polar surface area (TPSA) is 55.7 Å². The maximum atomic E-state index is 12.0. The van der Waals surface area contributed by atoms with E-state index in [2.05, 4.69) is 20.9 Å².